The largest absolute Gasteiger partial charge is 0.371 e. The highest BCUT2D eigenvalue weighted by Crippen LogP contribution is 2.26. The fraction of sp³-hybridized carbons (Fsp3) is 0.579. The number of rotatable bonds is 5. The van der Waals surface area contributed by atoms with E-state index in [0.29, 0.717) is 0 Å². The van der Waals surface area contributed by atoms with Gasteiger partial charge in [0.1, 0.15) is 0 Å². The van der Waals surface area contributed by atoms with Crippen LogP contribution in [0.15, 0.2) is 18.2 Å². The summed E-state index contributed by atoms with van der Waals surface area (Å²) in [6, 6.07) is 5.75. The molecule has 0 saturated carbocycles. The van der Waals surface area contributed by atoms with Crippen LogP contribution in [0.4, 0.5) is 11.4 Å². The van der Waals surface area contributed by atoms with Crippen LogP contribution in [0.25, 0.3) is 0 Å². The number of hydrogen-bond donors (Lipinski definition) is 2. The fourth-order valence-electron chi connectivity index (χ4n) is 3.93. The van der Waals surface area contributed by atoms with Crippen molar-refractivity contribution >= 4 is 23.2 Å². The summed E-state index contributed by atoms with van der Waals surface area (Å²) in [7, 11) is 0. The van der Waals surface area contributed by atoms with Crippen LogP contribution in [0.5, 0.6) is 0 Å². The second kappa shape index (κ2) is 7.87. The second-order valence-electron chi connectivity index (χ2n) is 7.13. The maximum absolute atomic E-state index is 12.4. The van der Waals surface area contributed by atoms with Gasteiger partial charge in [0.15, 0.2) is 0 Å². The van der Waals surface area contributed by atoms with E-state index in [2.05, 4.69) is 23.2 Å². The van der Waals surface area contributed by atoms with Crippen LogP contribution < -0.4 is 16.0 Å². The summed E-state index contributed by atoms with van der Waals surface area (Å²) in [5.41, 5.74) is 8.69. The van der Waals surface area contributed by atoms with Crippen molar-refractivity contribution in [2.24, 2.45) is 5.73 Å². The molecule has 6 nitrogen and oxygen atoms in total. The highest BCUT2D eigenvalue weighted by atomic mass is 16.2. The Morgan fingerprint density at radius 1 is 1.16 bits per heavy atom. The summed E-state index contributed by atoms with van der Waals surface area (Å²) >= 11 is 0. The Morgan fingerprint density at radius 2 is 1.88 bits per heavy atom. The molecule has 3 N–H and O–H groups in total. The number of nitrogens with one attached hydrogen (secondary N) is 1. The number of benzene rings is 1. The third-order valence-electron chi connectivity index (χ3n) is 5.22. The van der Waals surface area contributed by atoms with Gasteiger partial charge in [-0.05, 0) is 62.9 Å². The Kier molecular flexibility index (Phi) is 5.58. The number of nitrogens with two attached hydrogens (primary N) is 1. The first-order valence-electron chi connectivity index (χ1n) is 9.23. The summed E-state index contributed by atoms with van der Waals surface area (Å²) in [4.78, 5) is 28.2. The van der Waals surface area contributed by atoms with Crippen LogP contribution in [-0.4, -0.2) is 48.9 Å². The topological polar surface area (TPSA) is 78.7 Å². The minimum Gasteiger partial charge on any atom is -0.371 e. The molecule has 1 aromatic carbocycles. The van der Waals surface area contributed by atoms with Crippen LogP contribution >= 0.6 is 0 Å². The van der Waals surface area contributed by atoms with Crippen LogP contribution in [0, 0.1) is 6.92 Å². The standard InChI is InChI=1S/C19H28N4O2/c1-14-12-15(7-8-16(14)22-9-4-5-10-22)21-18(24)13-23-11-3-2-6-17(23)19(20)25/h7-8,12,17H,2-6,9-11,13H2,1H3,(H2,20,25)(H,21,24)/t17-/m1/s1. The lowest BCUT2D eigenvalue weighted by atomic mass is 10.0. The zero-order valence-corrected chi connectivity index (χ0v) is 15.0. The van der Waals surface area contributed by atoms with Crippen molar-refractivity contribution in [1.29, 1.82) is 0 Å². The van der Waals surface area contributed by atoms with Crippen molar-refractivity contribution in [3.63, 3.8) is 0 Å². The molecule has 0 radical (unpaired) electrons. The average Bonchev–Trinajstić information content (AvgIpc) is 3.09. The summed E-state index contributed by atoms with van der Waals surface area (Å²) in [6.45, 7) is 5.25. The molecule has 2 saturated heterocycles. The Hall–Kier alpha value is -2.08. The lowest BCUT2D eigenvalue weighted by molar-refractivity contribution is -0.126. The van der Waals surface area contributed by atoms with E-state index in [9.17, 15) is 9.59 Å². The van der Waals surface area contributed by atoms with Crippen LogP contribution in [-0.2, 0) is 9.59 Å². The molecule has 2 aliphatic heterocycles. The molecule has 136 valence electrons. The second-order valence-corrected chi connectivity index (χ2v) is 7.13. The van der Waals surface area contributed by atoms with Gasteiger partial charge in [-0.1, -0.05) is 6.42 Å². The third kappa shape index (κ3) is 4.31. The number of piperidine rings is 1. The number of hydrogen-bond acceptors (Lipinski definition) is 4. The number of anilines is 2. The van der Waals surface area contributed by atoms with E-state index in [1.165, 1.54) is 24.1 Å². The monoisotopic (exact) mass is 344 g/mol. The molecule has 0 bridgehead atoms. The zero-order chi connectivity index (χ0) is 17.8. The first-order chi connectivity index (χ1) is 12.0. The molecule has 0 aliphatic carbocycles. The van der Waals surface area contributed by atoms with Crippen molar-refractivity contribution in [2.75, 3.05) is 36.4 Å². The number of nitrogens with zero attached hydrogens (tertiary/aromatic N) is 2. The Balaban J connectivity index is 1.60. The van der Waals surface area contributed by atoms with Crippen LogP contribution in [0.3, 0.4) is 0 Å². The molecule has 2 aliphatic rings. The summed E-state index contributed by atoms with van der Waals surface area (Å²) in [5, 5.41) is 2.96. The van der Waals surface area contributed by atoms with Gasteiger partial charge in [0.2, 0.25) is 11.8 Å². The van der Waals surface area contributed by atoms with E-state index < -0.39 is 0 Å². The fourth-order valence-corrected chi connectivity index (χ4v) is 3.93. The van der Waals surface area contributed by atoms with Gasteiger partial charge in [-0.2, -0.15) is 0 Å². The Labute approximate surface area is 149 Å². The molecule has 1 aromatic rings. The highest BCUT2D eigenvalue weighted by Gasteiger charge is 2.28. The average molecular weight is 344 g/mol. The van der Waals surface area contributed by atoms with E-state index in [-0.39, 0.29) is 24.4 Å². The molecule has 2 heterocycles. The summed E-state index contributed by atoms with van der Waals surface area (Å²) in [5.74, 6) is -0.431. The number of likely N-dealkylation sites (tertiary alicyclic amines) is 1. The van der Waals surface area contributed by atoms with E-state index in [4.69, 9.17) is 5.73 Å². The molecule has 6 heteroatoms. The molecular formula is C19H28N4O2. The van der Waals surface area contributed by atoms with E-state index in [1.807, 2.05) is 17.0 Å². The Bertz CT molecular complexity index is 640. The van der Waals surface area contributed by atoms with Gasteiger partial charge < -0.3 is 16.0 Å². The molecule has 2 fully saturated rings. The molecule has 0 spiro atoms. The number of carbonyl (C=O) groups excluding carboxylic acids is 2. The first-order valence-corrected chi connectivity index (χ1v) is 9.23. The smallest absolute Gasteiger partial charge is 0.238 e. The minimum absolute atomic E-state index is 0.0959. The number of primary amides is 1. The predicted molar refractivity (Wildman–Crippen MR) is 99.7 cm³/mol. The lowest BCUT2D eigenvalue weighted by Crippen LogP contribution is -2.50. The van der Waals surface area contributed by atoms with Crippen molar-refractivity contribution < 1.29 is 9.59 Å². The molecule has 2 amide bonds. The van der Waals surface area contributed by atoms with Gasteiger partial charge in [-0.25, -0.2) is 0 Å². The molecule has 25 heavy (non-hydrogen) atoms. The maximum atomic E-state index is 12.4. The molecule has 0 aromatic heterocycles. The van der Waals surface area contributed by atoms with Crippen molar-refractivity contribution in [1.82, 2.24) is 4.90 Å². The van der Waals surface area contributed by atoms with Gasteiger partial charge in [0.05, 0.1) is 12.6 Å². The van der Waals surface area contributed by atoms with Crippen LogP contribution in [0.2, 0.25) is 0 Å². The molecule has 0 unspecified atom stereocenters. The molecule has 3 rings (SSSR count). The van der Waals surface area contributed by atoms with E-state index in [1.54, 1.807) is 0 Å². The molecular weight excluding hydrogens is 316 g/mol. The number of aryl methyl sites for hydroxylation is 1. The SMILES string of the molecule is Cc1cc(NC(=O)CN2CCCC[C@@H]2C(N)=O)ccc1N1CCCC1. The van der Waals surface area contributed by atoms with E-state index in [0.717, 1.165) is 44.6 Å². The zero-order valence-electron chi connectivity index (χ0n) is 15.0. The van der Waals surface area contributed by atoms with Gasteiger partial charge >= 0.3 is 0 Å². The summed E-state index contributed by atoms with van der Waals surface area (Å²) in [6.07, 6.45) is 5.22. The van der Waals surface area contributed by atoms with Crippen molar-refractivity contribution in [2.45, 2.75) is 45.1 Å². The van der Waals surface area contributed by atoms with E-state index >= 15 is 0 Å². The number of carbonyl (C=O) groups is 2. The maximum Gasteiger partial charge on any atom is 0.238 e. The van der Waals surface area contributed by atoms with Gasteiger partial charge in [0, 0.05) is 24.5 Å². The lowest BCUT2D eigenvalue weighted by Gasteiger charge is -2.32. The number of amides is 2. The van der Waals surface area contributed by atoms with Gasteiger partial charge in [-0.3, -0.25) is 14.5 Å². The minimum atomic E-state index is -0.335. The van der Waals surface area contributed by atoms with Crippen LogP contribution in [0.1, 0.15) is 37.7 Å². The van der Waals surface area contributed by atoms with Crippen molar-refractivity contribution in [3.05, 3.63) is 23.8 Å². The first kappa shape index (κ1) is 17.7. The summed E-state index contributed by atoms with van der Waals surface area (Å²) < 4.78 is 0. The Morgan fingerprint density at radius 3 is 2.56 bits per heavy atom. The van der Waals surface area contributed by atoms with Gasteiger partial charge in [-0.15, -0.1) is 0 Å². The predicted octanol–water partition coefficient (Wildman–Crippen LogP) is 1.87. The highest BCUT2D eigenvalue weighted by molar-refractivity contribution is 5.93. The normalized spacial score (nSPS) is 21.3. The van der Waals surface area contributed by atoms with Crippen molar-refractivity contribution in [3.8, 4) is 0 Å². The quantitative estimate of drug-likeness (QED) is 0.855. The van der Waals surface area contributed by atoms with Gasteiger partial charge in [0.25, 0.3) is 0 Å². The third-order valence-corrected chi connectivity index (χ3v) is 5.22. The molecule has 1 atom stereocenters.